The van der Waals surface area contributed by atoms with E-state index in [-0.39, 0.29) is 56.1 Å². The summed E-state index contributed by atoms with van der Waals surface area (Å²) in [5.74, 6) is 0. The Kier molecular flexibility index (Phi) is 56.6. The van der Waals surface area contributed by atoms with Crippen LogP contribution in [0.2, 0.25) is 0 Å². The van der Waals surface area contributed by atoms with E-state index in [1.807, 2.05) is 0 Å². The molecule has 0 saturated carbocycles. The summed E-state index contributed by atoms with van der Waals surface area (Å²) in [7, 11) is -0.750. The van der Waals surface area contributed by atoms with Crippen LogP contribution in [0.5, 0.6) is 0 Å². The molecule has 0 aliphatic heterocycles. The van der Waals surface area contributed by atoms with Crippen LogP contribution < -0.4 is 0 Å². The van der Waals surface area contributed by atoms with Gasteiger partial charge < -0.3 is 10.0 Å². The molecule has 0 aliphatic carbocycles. The van der Waals surface area contributed by atoms with Crippen LogP contribution in [0.1, 0.15) is 0 Å². The van der Waals surface area contributed by atoms with Crippen LogP contribution in [0.15, 0.2) is 0 Å². The van der Waals surface area contributed by atoms with Crippen LogP contribution in [0, 0.1) is 0 Å². The van der Waals surface area contributed by atoms with Crippen molar-refractivity contribution < 1.29 is 14.8 Å². The molecule has 0 bridgehead atoms. The summed E-state index contributed by atoms with van der Waals surface area (Å²) < 4.78 is 0. The zero-order valence-electron chi connectivity index (χ0n) is 3.01. The molecule has 0 spiro atoms. The summed E-state index contributed by atoms with van der Waals surface area (Å²) in [6.07, 6.45) is 0. The van der Waals surface area contributed by atoms with E-state index >= 15 is 0 Å². The average molecular weight is 105 g/mol. The predicted octanol–water partition coefficient (Wildman–Crippen LogP) is -1.99. The summed E-state index contributed by atoms with van der Waals surface area (Å²) >= 11 is 0. The molecule has 0 aromatic heterocycles. The second-order valence-electron chi connectivity index (χ2n) is 0.141. The van der Waals surface area contributed by atoms with Crippen molar-refractivity contribution >= 4 is 59.1 Å². The standard InChI is InChI=1S/BH3O2.FH.K/c2-1-3;;/h1-3H;1H;. The van der Waals surface area contributed by atoms with Crippen molar-refractivity contribution in [3.8, 4) is 0 Å². The first kappa shape index (κ1) is 16.0. The molecule has 0 aromatic rings. The minimum atomic E-state index is -0.750. The van der Waals surface area contributed by atoms with Gasteiger partial charge in [0.2, 0.25) is 0 Å². The zero-order valence-corrected chi connectivity index (χ0v) is 6.13. The SMILES string of the molecule is F.OBO.[K]. The minimum absolute atomic E-state index is 0. The zero-order chi connectivity index (χ0) is 2.71. The first-order valence-electron chi connectivity index (χ1n) is 0.632. The monoisotopic (exact) mass is 105 g/mol. The molecule has 0 heterocycles. The van der Waals surface area contributed by atoms with Gasteiger partial charge in [0.25, 0.3) is 0 Å². The van der Waals surface area contributed by atoms with E-state index in [1.165, 1.54) is 0 Å². The fourth-order valence-electron chi connectivity index (χ4n) is 0. The van der Waals surface area contributed by atoms with E-state index in [2.05, 4.69) is 0 Å². The Labute approximate surface area is 72.7 Å². The third kappa shape index (κ3) is 29.1. The third-order valence-electron chi connectivity index (χ3n) is 0. The molecule has 2 N–H and O–H groups in total. The van der Waals surface area contributed by atoms with Crippen molar-refractivity contribution in [2.75, 3.05) is 0 Å². The van der Waals surface area contributed by atoms with Gasteiger partial charge in [0.1, 0.15) is 0 Å². The van der Waals surface area contributed by atoms with Crippen LogP contribution >= 0.6 is 0 Å². The maximum Gasteiger partial charge on any atom is 0.432 e. The maximum absolute atomic E-state index is 7.12. The van der Waals surface area contributed by atoms with Crippen LogP contribution in [0.3, 0.4) is 0 Å². The van der Waals surface area contributed by atoms with Crippen molar-refractivity contribution in [3.63, 3.8) is 0 Å². The number of hydrogen-bond donors (Lipinski definition) is 2. The molecular weight excluding hydrogens is 101 g/mol. The normalized spacial score (nSPS) is 2.80. The van der Waals surface area contributed by atoms with Gasteiger partial charge in [0, 0.05) is 51.4 Å². The van der Waals surface area contributed by atoms with Crippen LogP contribution in [-0.2, 0) is 0 Å². The van der Waals surface area contributed by atoms with Crippen molar-refractivity contribution in [2.24, 2.45) is 0 Å². The first-order valence-corrected chi connectivity index (χ1v) is 0.632. The summed E-state index contributed by atoms with van der Waals surface area (Å²) in [5.41, 5.74) is 0. The van der Waals surface area contributed by atoms with E-state index in [0.717, 1.165) is 0 Å². The van der Waals surface area contributed by atoms with E-state index in [4.69, 9.17) is 10.0 Å². The van der Waals surface area contributed by atoms with Crippen molar-refractivity contribution in [1.29, 1.82) is 0 Å². The molecule has 0 atom stereocenters. The van der Waals surface area contributed by atoms with E-state index in [1.54, 1.807) is 0 Å². The van der Waals surface area contributed by atoms with Gasteiger partial charge in [0.05, 0.1) is 0 Å². The molecule has 2 nitrogen and oxygen atoms in total. The number of rotatable bonds is 0. The molecule has 0 fully saturated rings. The molecule has 0 saturated heterocycles. The molecule has 5 heteroatoms. The van der Waals surface area contributed by atoms with Gasteiger partial charge in [-0.25, -0.2) is 0 Å². The predicted molar refractivity (Wildman–Crippen MR) is 19.8 cm³/mol. The molecule has 1 radical (unpaired) electrons. The fraction of sp³-hybridized carbons (Fsp3) is 0. The topological polar surface area (TPSA) is 40.5 Å². The molecule has 0 aliphatic rings. The number of hydrogen-bond acceptors (Lipinski definition) is 2. The third-order valence-corrected chi connectivity index (χ3v) is 0. The Hall–Kier alpha value is 1.55. The quantitative estimate of drug-likeness (QED) is 0.350. The molecule has 0 amide bonds. The fourth-order valence-corrected chi connectivity index (χ4v) is 0. The largest absolute Gasteiger partial charge is 0.432 e. The van der Waals surface area contributed by atoms with Gasteiger partial charge in [-0.1, -0.05) is 0 Å². The summed E-state index contributed by atoms with van der Waals surface area (Å²) in [4.78, 5) is 0. The summed E-state index contributed by atoms with van der Waals surface area (Å²) in [5, 5.41) is 14.2. The van der Waals surface area contributed by atoms with E-state index in [9.17, 15) is 0 Å². The minimum Gasteiger partial charge on any atom is -0.430 e. The first-order chi connectivity index (χ1) is 1.41. The van der Waals surface area contributed by atoms with Gasteiger partial charge in [-0.3, -0.25) is 4.70 Å². The van der Waals surface area contributed by atoms with Gasteiger partial charge in [-0.15, -0.1) is 0 Å². The Morgan fingerprint density at radius 3 is 1.20 bits per heavy atom. The Morgan fingerprint density at radius 1 is 1.20 bits per heavy atom. The van der Waals surface area contributed by atoms with Gasteiger partial charge in [-0.2, -0.15) is 0 Å². The van der Waals surface area contributed by atoms with Crippen LogP contribution in [0.25, 0.3) is 0 Å². The molecule has 0 aromatic carbocycles. The molecule has 5 heavy (non-hydrogen) atoms. The maximum atomic E-state index is 7.12. The number of halogens is 1. The summed E-state index contributed by atoms with van der Waals surface area (Å²) in [6, 6.07) is 0. The van der Waals surface area contributed by atoms with Gasteiger partial charge in [-0.05, 0) is 0 Å². The smallest absolute Gasteiger partial charge is 0.430 e. The van der Waals surface area contributed by atoms with E-state index < -0.39 is 7.69 Å². The Balaban J connectivity index is -0.0000000200. The molecular formula is H4BFKO2. The molecule has 0 unspecified atom stereocenters. The van der Waals surface area contributed by atoms with Crippen LogP contribution in [-0.4, -0.2) is 69.1 Å². The molecule has 0 rings (SSSR count). The Morgan fingerprint density at radius 2 is 1.20 bits per heavy atom. The molecule has 27 valence electrons. The van der Waals surface area contributed by atoms with E-state index in [0.29, 0.717) is 0 Å². The van der Waals surface area contributed by atoms with Gasteiger partial charge in [0.15, 0.2) is 0 Å². The van der Waals surface area contributed by atoms with Crippen molar-refractivity contribution in [1.82, 2.24) is 0 Å². The second kappa shape index (κ2) is 17.7. The van der Waals surface area contributed by atoms with Crippen molar-refractivity contribution in [2.45, 2.75) is 0 Å². The second-order valence-corrected chi connectivity index (χ2v) is 0.141. The average Bonchev–Trinajstić information content (AvgIpc) is 0.918. The van der Waals surface area contributed by atoms with Crippen molar-refractivity contribution in [3.05, 3.63) is 0 Å². The Bertz CT molecular complexity index is 9.61. The van der Waals surface area contributed by atoms with Gasteiger partial charge >= 0.3 is 7.69 Å². The summed E-state index contributed by atoms with van der Waals surface area (Å²) in [6.45, 7) is 0. The van der Waals surface area contributed by atoms with Crippen LogP contribution in [0.4, 0.5) is 4.70 Å².